The number of alkyl halides is 3. The first-order valence-electron chi connectivity index (χ1n) is 6.41. The number of hydrogen-bond acceptors (Lipinski definition) is 5. The average molecular weight is 325 g/mol. The first kappa shape index (κ1) is 14.9. The third-order valence-corrected chi connectivity index (χ3v) is 3.03. The fourth-order valence-corrected chi connectivity index (χ4v) is 1.95. The second kappa shape index (κ2) is 5.34. The van der Waals surface area contributed by atoms with Crippen molar-refractivity contribution in [3.8, 4) is 0 Å². The van der Waals surface area contributed by atoms with E-state index in [9.17, 15) is 18.0 Å². The topological polar surface area (TPSA) is 90.0 Å². The smallest absolute Gasteiger partial charge is 0.293 e. The van der Waals surface area contributed by atoms with E-state index in [1.165, 1.54) is 23.7 Å². The number of anilines is 1. The van der Waals surface area contributed by atoms with Crippen LogP contribution in [0.25, 0.3) is 5.65 Å². The Balaban J connectivity index is 1.76. The molecule has 0 saturated carbocycles. The summed E-state index contributed by atoms with van der Waals surface area (Å²) >= 11 is 0. The predicted octanol–water partition coefficient (Wildman–Crippen LogP) is 1.29. The fourth-order valence-electron chi connectivity index (χ4n) is 1.95. The highest BCUT2D eigenvalue weighted by molar-refractivity contribution is 5.89. The first-order chi connectivity index (χ1) is 10.8. The lowest BCUT2D eigenvalue weighted by Gasteiger charge is -2.05. The van der Waals surface area contributed by atoms with Crippen LogP contribution in [0.2, 0.25) is 0 Å². The number of hydrogen-bond donors (Lipinski definition) is 1. The van der Waals surface area contributed by atoms with Crippen LogP contribution in [0.1, 0.15) is 11.4 Å². The highest BCUT2D eigenvalue weighted by atomic mass is 19.4. The molecule has 0 unspecified atom stereocenters. The largest absolute Gasteiger partial charge is 0.435 e. The molecule has 0 aromatic carbocycles. The van der Waals surface area contributed by atoms with Gasteiger partial charge in [-0.3, -0.25) is 24.2 Å². The maximum atomic E-state index is 12.6. The second-order valence-corrected chi connectivity index (χ2v) is 4.70. The molecular formula is C12H10F3N7O. The number of amides is 1. The van der Waals surface area contributed by atoms with Gasteiger partial charge in [-0.1, -0.05) is 0 Å². The molecule has 11 heteroatoms. The van der Waals surface area contributed by atoms with Gasteiger partial charge in [-0.05, 0) is 13.0 Å². The Labute approximate surface area is 127 Å². The minimum atomic E-state index is -4.55. The molecule has 0 radical (unpaired) electrons. The molecule has 0 atom stereocenters. The van der Waals surface area contributed by atoms with Crippen molar-refractivity contribution < 1.29 is 18.0 Å². The maximum Gasteiger partial charge on any atom is 0.435 e. The fraction of sp³-hybridized carbons (Fsp3) is 0.250. The number of carbonyl (C=O) groups is 1. The molecule has 23 heavy (non-hydrogen) atoms. The monoisotopic (exact) mass is 325 g/mol. The molecule has 3 aromatic rings. The van der Waals surface area contributed by atoms with Crippen molar-refractivity contribution in [3.63, 3.8) is 0 Å². The Kier molecular flexibility index (Phi) is 3.47. The quantitative estimate of drug-likeness (QED) is 0.783. The van der Waals surface area contributed by atoms with Crippen LogP contribution >= 0.6 is 0 Å². The highest BCUT2D eigenvalue weighted by Crippen LogP contribution is 2.28. The molecule has 120 valence electrons. The zero-order valence-corrected chi connectivity index (χ0v) is 11.7. The van der Waals surface area contributed by atoms with Gasteiger partial charge in [-0.15, -0.1) is 10.2 Å². The maximum absolute atomic E-state index is 12.6. The number of fused-ring (bicyclic) bond motifs is 1. The Hall–Kier alpha value is -2.98. The SMILES string of the molecule is Cc1cc(C(F)(F)F)nn1CC(=O)Nc1nnc2cnccn12. The minimum absolute atomic E-state index is 0.147. The third kappa shape index (κ3) is 2.98. The average Bonchev–Trinajstić information content (AvgIpc) is 3.04. The summed E-state index contributed by atoms with van der Waals surface area (Å²) in [6.07, 6.45) is -0.0657. The van der Waals surface area contributed by atoms with E-state index in [0.29, 0.717) is 5.65 Å². The summed E-state index contributed by atoms with van der Waals surface area (Å²) in [7, 11) is 0. The van der Waals surface area contributed by atoms with Gasteiger partial charge in [-0.2, -0.15) is 18.3 Å². The van der Waals surface area contributed by atoms with E-state index in [2.05, 4.69) is 25.6 Å². The van der Waals surface area contributed by atoms with Crippen LogP contribution in [0.15, 0.2) is 24.7 Å². The van der Waals surface area contributed by atoms with Crippen molar-refractivity contribution in [2.75, 3.05) is 5.32 Å². The summed E-state index contributed by atoms with van der Waals surface area (Å²) in [5.74, 6) is -0.427. The van der Waals surface area contributed by atoms with Crippen molar-refractivity contribution in [2.45, 2.75) is 19.6 Å². The normalized spacial score (nSPS) is 11.8. The van der Waals surface area contributed by atoms with E-state index < -0.39 is 17.8 Å². The lowest BCUT2D eigenvalue weighted by Crippen LogP contribution is -2.22. The number of nitrogens with one attached hydrogen (secondary N) is 1. The van der Waals surface area contributed by atoms with Gasteiger partial charge in [0.1, 0.15) is 6.54 Å². The van der Waals surface area contributed by atoms with E-state index in [1.807, 2.05) is 0 Å². The van der Waals surface area contributed by atoms with E-state index in [-0.39, 0.29) is 18.2 Å². The molecule has 0 aliphatic carbocycles. The molecule has 8 nitrogen and oxygen atoms in total. The summed E-state index contributed by atoms with van der Waals surface area (Å²) in [5, 5.41) is 13.4. The second-order valence-electron chi connectivity index (χ2n) is 4.70. The van der Waals surface area contributed by atoms with Crippen molar-refractivity contribution in [2.24, 2.45) is 0 Å². The molecule has 0 spiro atoms. The van der Waals surface area contributed by atoms with Gasteiger partial charge in [0.25, 0.3) is 0 Å². The summed E-state index contributed by atoms with van der Waals surface area (Å²) in [6, 6.07) is 0.880. The third-order valence-electron chi connectivity index (χ3n) is 3.03. The van der Waals surface area contributed by atoms with Crippen LogP contribution in [-0.2, 0) is 17.5 Å². The summed E-state index contributed by atoms with van der Waals surface area (Å²) in [5.41, 5.74) is -0.387. The number of aromatic nitrogens is 6. The Bertz CT molecular complexity index is 867. The van der Waals surface area contributed by atoms with Crippen LogP contribution in [0.5, 0.6) is 0 Å². The van der Waals surface area contributed by atoms with Gasteiger partial charge in [0.2, 0.25) is 11.9 Å². The summed E-state index contributed by atoms with van der Waals surface area (Å²) < 4.78 is 40.2. The van der Waals surface area contributed by atoms with Crippen molar-refractivity contribution in [1.29, 1.82) is 0 Å². The van der Waals surface area contributed by atoms with Gasteiger partial charge in [-0.25, -0.2) is 0 Å². The Morgan fingerprint density at radius 3 is 2.83 bits per heavy atom. The van der Waals surface area contributed by atoms with Crippen LogP contribution < -0.4 is 5.32 Å². The van der Waals surface area contributed by atoms with Gasteiger partial charge in [0, 0.05) is 18.1 Å². The number of nitrogens with zero attached hydrogens (tertiary/aromatic N) is 6. The summed E-state index contributed by atoms with van der Waals surface area (Å²) in [4.78, 5) is 15.8. The first-order valence-corrected chi connectivity index (χ1v) is 6.41. The molecule has 1 N–H and O–H groups in total. The number of carbonyl (C=O) groups excluding carboxylic acids is 1. The molecule has 0 fully saturated rings. The van der Waals surface area contributed by atoms with Crippen LogP contribution in [0, 0.1) is 6.92 Å². The van der Waals surface area contributed by atoms with Crippen LogP contribution in [-0.4, -0.2) is 35.3 Å². The predicted molar refractivity (Wildman–Crippen MR) is 71.4 cm³/mol. The molecular weight excluding hydrogens is 315 g/mol. The zero-order chi connectivity index (χ0) is 16.6. The molecule has 0 bridgehead atoms. The molecule has 3 rings (SSSR count). The highest BCUT2D eigenvalue weighted by Gasteiger charge is 2.34. The molecule has 3 heterocycles. The molecule has 0 aliphatic rings. The van der Waals surface area contributed by atoms with E-state index in [1.54, 1.807) is 6.20 Å². The van der Waals surface area contributed by atoms with Gasteiger partial charge >= 0.3 is 6.18 Å². The van der Waals surface area contributed by atoms with E-state index >= 15 is 0 Å². The van der Waals surface area contributed by atoms with Gasteiger partial charge in [0.15, 0.2) is 11.3 Å². The molecule has 0 aliphatic heterocycles. The number of rotatable bonds is 3. The summed E-state index contributed by atoms with van der Waals surface area (Å²) in [6.45, 7) is 1.07. The molecule has 1 amide bonds. The van der Waals surface area contributed by atoms with Crippen LogP contribution in [0.4, 0.5) is 19.1 Å². The lowest BCUT2D eigenvalue weighted by atomic mass is 10.3. The lowest BCUT2D eigenvalue weighted by molar-refractivity contribution is -0.141. The number of aryl methyl sites for hydroxylation is 1. The van der Waals surface area contributed by atoms with Crippen LogP contribution in [0.3, 0.4) is 0 Å². The van der Waals surface area contributed by atoms with Gasteiger partial charge < -0.3 is 0 Å². The van der Waals surface area contributed by atoms with E-state index in [0.717, 1.165) is 10.7 Å². The minimum Gasteiger partial charge on any atom is -0.293 e. The standard InChI is InChI=1S/C12H10F3N7O/c1-7-4-8(12(13,14)15)20-22(7)6-10(23)17-11-19-18-9-5-16-2-3-21(9)11/h2-5H,6H2,1H3,(H,17,19,23). The van der Waals surface area contributed by atoms with Crippen molar-refractivity contribution in [3.05, 3.63) is 36.0 Å². The number of halogens is 3. The Morgan fingerprint density at radius 2 is 2.13 bits per heavy atom. The van der Waals surface area contributed by atoms with Crippen molar-refractivity contribution in [1.82, 2.24) is 29.4 Å². The van der Waals surface area contributed by atoms with Gasteiger partial charge in [0.05, 0.1) is 6.20 Å². The van der Waals surface area contributed by atoms with Crippen molar-refractivity contribution >= 4 is 17.5 Å². The molecule has 3 aromatic heterocycles. The Morgan fingerprint density at radius 1 is 1.35 bits per heavy atom. The molecule has 0 saturated heterocycles. The van der Waals surface area contributed by atoms with E-state index in [4.69, 9.17) is 0 Å². The zero-order valence-electron chi connectivity index (χ0n) is 11.7.